The number of benzene rings is 2. The van der Waals surface area contributed by atoms with Gasteiger partial charge in [-0.15, -0.1) is 6.58 Å². The standard InChI is InChI=1S/C18H19N3Si/c1-3-22(2,15-21-14-19-13-20-21)18-11-9-17(10-12-18)16-7-5-4-6-8-16/h3-14H,1,15H2,2H3. The second-order valence-corrected chi connectivity index (χ2v) is 9.79. The molecule has 0 spiro atoms. The zero-order valence-electron chi connectivity index (χ0n) is 12.7. The summed E-state index contributed by atoms with van der Waals surface area (Å²) < 4.78 is 1.90. The Morgan fingerprint density at radius 1 is 1.05 bits per heavy atom. The Kier molecular flexibility index (Phi) is 4.02. The van der Waals surface area contributed by atoms with Crippen LogP contribution in [-0.2, 0) is 6.17 Å². The fourth-order valence-electron chi connectivity index (χ4n) is 2.60. The van der Waals surface area contributed by atoms with E-state index in [1.807, 2.05) is 10.7 Å². The molecule has 1 atom stereocenters. The SMILES string of the molecule is C=C[Si](C)(Cn1cncn1)c1ccc(-c2ccccc2)cc1. The third-order valence-electron chi connectivity index (χ3n) is 4.06. The van der Waals surface area contributed by atoms with E-state index in [9.17, 15) is 0 Å². The third kappa shape index (κ3) is 2.92. The number of rotatable bonds is 5. The van der Waals surface area contributed by atoms with Crippen LogP contribution in [0.15, 0.2) is 79.5 Å². The molecule has 0 bridgehead atoms. The average molecular weight is 305 g/mol. The van der Waals surface area contributed by atoms with Crippen molar-refractivity contribution in [2.75, 3.05) is 0 Å². The first-order valence-electron chi connectivity index (χ1n) is 7.33. The van der Waals surface area contributed by atoms with E-state index in [0.29, 0.717) is 0 Å². The van der Waals surface area contributed by atoms with E-state index in [2.05, 4.69) is 77.4 Å². The Hall–Kier alpha value is -2.46. The van der Waals surface area contributed by atoms with Crippen molar-refractivity contribution in [3.8, 4) is 11.1 Å². The second-order valence-electron chi connectivity index (χ2n) is 5.66. The summed E-state index contributed by atoms with van der Waals surface area (Å²) in [5, 5.41) is 5.59. The molecular formula is C18H19N3Si. The zero-order valence-corrected chi connectivity index (χ0v) is 13.7. The fourth-order valence-corrected chi connectivity index (χ4v) is 4.91. The van der Waals surface area contributed by atoms with Crippen LogP contribution < -0.4 is 5.19 Å². The van der Waals surface area contributed by atoms with Gasteiger partial charge in [0.15, 0.2) is 0 Å². The van der Waals surface area contributed by atoms with E-state index in [1.165, 1.54) is 16.3 Å². The van der Waals surface area contributed by atoms with Crippen LogP contribution in [0.4, 0.5) is 0 Å². The van der Waals surface area contributed by atoms with Gasteiger partial charge < -0.3 is 0 Å². The Balaban J connectivity index is 1.88. The van der Waals surface area contributed by atoms with Gasteiger partial charge in [-0.25, -0.2) is 4.98 Å². The summed E-state index contributed by atoms with van der Waals surface area (Å²) in [6.07, 6.45) is 4.21. The number of aromatic nitrogens is 3. The molecule has 1 unspecified atom stereocenters. The molecule has 3 aromatic rings. The molecule has 1 aromatic heterocycles. The van der Waals surface area contributed by atoms with Gasteiger partial charge in [-0.3, -0.25) is 4.68 Å². The number of hydrogen-bond donors (Lipinski definition) is 0. The smallest absolute Gasteiger partial charge is 0.137 e. The number of hydrogen-bond acceptors (Lipinski definition) is 2. The molecule has 110 valence electrons. The molecule has 1 heterocycles. The van der Waals surface area contributed by atoms with Crippen LogP contribution in [0.25, 0.3) is 11.1 Å². The fraction of sp³-hybridized carbons (Fsp3) is 0.111. The monoisotopic (exact) mass is 305 g/mol. The van der Waals surface area contributed by atoms with Crippen molar-refractivity contribution in [2.24, 2.45) is 0 Å². The highest BCUT2D eigenvalue weighted by Crippen LogP contribution is 2.18. The number of nitrogens with zero attached hydrogens (tertiary/aromatic N) is 3. The zero-order chi connectivity index (χ0) is 15.4. The van der Waals surface area contributed by atoms with Gasteiger partial charge in [-0.1, -0.05) is 72.0 Å². The Bertz CT molecular complexity index is 736. The molecule has 3 nitrogen and oxygen atoms in total. The van der Waals surface area contributed by atoms with Gasteiger partial charge in [-0.2, -0.15) is 5.10 Å². The molecule has 0 aliphatic heterocycles. The summed E-state index contributed by atoms with van der Waals surface area (Å²) in [4.78, 5) is 4.03. The van der Waals surface area contributed by atoms with Crippen LogP contribution in [0, 0.1) is 0 Å². The Labute approximate surface area is 132 Å². The summed E-state index contributed by atoms with van der Waals surface area (Å²) in [5.41, 5.74) is 4.60. The largest absolute Gasteiger partial charge is 0.255 e. The van der Waals surface area contributed by atoms with E-state index >= 15 is 0 Å². The molecule has 3 rings (SSSR count). The summed E-state index contributed by atoms with van der Waals surface area (Å²) >= 11 is 0. The van der Waals surface area contributed by atoms with E-state index < -0.39 is 8.07 Å². The van der Waals surface area contributed by atoms with Gasteiger partial charge in [0.05, 0.1) is 0 Å². The van der Waals surface area contributed by atoms with Crippen molar-refractivity contribution < 1.29 is 0 Å². The molecule has 0 saturated heterocycles. The molecule has 0 amide bonds. The molecule has 0 aliphatic carbocycles. The first-order chi connectivity index (χ1) is 10.7. The quantitative estimate of drug-likeness (QED) is 0.678. The van der Waals surface area contributed by atoms with E-state index in [1.54, 1.807) is 12.7 Å². The highest BCUT2D eigenvalue weighted by molar-refractivity contribution is 6.94. The Morgan fingerprint density at radius 3 is 2.32 bits per heavy atom. The van der Waals surface area contributed by atoms with E-state index in [4.69, 9.17) is 0 Å². The van der Waals surface area contributed by atoms with Crippen molar-refractivity contribution in [1.29, 1.82) is 0 Å². The predicted molar refractivity (Wildman–Crippen MR) is 93.3 cm³/mol. The summed E-state index contributed by atoms with van der Waals surface area (Å²) in [5.74, 6) is 0. The van der Waals surface area contributed by atoms with Crippen LogP contribution in [0.5, 0.6) is 0 Å². The lowest BCUT2D eigenvalue weighted by molar-refractivity contribution is 0.727. The molecule has 0 radical (unpaired) electrons. The maximum absolute atomic E-state index is 4.23. The van der Waals surface area contributed by atoms with Crippen molar-refractivity contribution >= 4 is 13.3 Å². The normalized spacial score (nSPS) is 13.5. The molecule has 4 heteroatoms. The molecule has 0 N–H and O–H groups in total. The molecule has 0 saturated carbocycles. The van der Waals surface area contributed by atoms with Gasteiger partial charge in [0, 0.05) is 6.17 Å². The second kappa shape index (κ2) is 6.11. The molecule has 2 aromatic carbocycles. The van der Waals surface area contributed by atoms with Gasteiger partial charge in [0.25, 0.3) is 0 Å². The van der Waals surface area contributed by atoms with Crippen LogP contribution >= 0.6 is 0 Å². The minimum absolute atomic E-state index is 0.862. The lowest BCUT2D eigenvalue weighted by atomic mass is 10.1. The van der Waals surface area contributed by atoms with Gasteiger partial charge in [0.2, 0.25) is 0 Å². The van der Waals surface area contributed by atoms with Gasteiger partial charge in [0.1, 0.15) is 20.7 Å². The maximum atomic E-state index is 4.23. The van der Waals surface area contributed by atoms with E-state index in [-0.39, 0.29) is 0 Å². The van der Waals surface area contributed by atoms with Crippen LogP contribution in [-0.4, -0.2) is 22.8 Å². The maximum Gasteiger partial charge on any atom is 0.137 e. The van der Waals surface area contributed by atoms with Crippen LogP contribution in [0.3, 0.4) is 0 Å². The minimum atomic E-state index is -1.80. The van der Waals surface area contributed by atoms with Crippen molar-refractivity contribution in [1.82, 2.24) is 14.8 Å². The first kappa shape index (κ1) is 14.5. The predicted octanol–water partition coefficient (Wildman–Crippen LogP) is 3.20. The highest BCUT2D eigenvalue weighted by atomic mass is 28.3. The third-order valence-corrected chi connectivity index (χ3v) is 7.59. The highest BCUT2D eigenvalue weighted by Gasteiger charge is 2.27. The van der Waals surface area contributed by atoms with Crippen molar-refractivity contribution in [3.05, 3.63) is 79.5 Å². The first-order valence-corrected chi connectivity index (χ1v) is 10.1. The van der Waals surface area contributed by atoms with Crippen molar-refractivity contribution in [3.63, 3.8) is 0 Å². The van der Waals surface area contributed by atoms with Crippen molar-refractivity contribution in [2.45, 2.75) is 12.7 Å². The lowest BCUT2D eigenvalue weighted by Crippen LogP contribution is -2.47. The topological polar surface area (TPSA) is 30.7 Å². The average Bonchev–Trinajstić information content (AvgIpc) is 3.08. The summed E-state index contributed by atoms with van der Waals surface area (Å²) in [6, 6.07) is 19.3. The van der Waals surface area contributed by atoms with Crippen LogP contribution in [0.2, 0.25) is 6.55 Å². The van der Waals surface area contributed by atoms with Crippen LogP contribution in [0.1, 0.15) is 0 Å². The molecule has 0 aliphatic rings. The lowest BCUT2D eigenvalue weighted by Gasteiger charge is -2.24. The van der Waals surface area contributed by atoms with Gasteiger partial charge in [-0.05, 0) is 11.1 Å². The Morgan fingerprint density at radius 2 is 1.73 bits per heavy atom. The molecule has 22 heavy (non-hydrogen) atoms. The molecular weight excluding hydrogens is 286 g/mol. The minimum Gasteiger partial charge on any atom is -0.255 e. The summed E-state index contributed by atoms with van der Waals surface area (Å²) in [6.45, 7) is 6.38. The van der Waals surface area contributed by atoms with Gasteiger partial charge >= 0.3 is 0 Å². The van der Waals surface area contributed by atoms with E-state index in [0.717, 1.165) is 6.17 Å². The molecule has 0 fully saturated rings. The summed E-state index contributed by atoms with van der Waals surface area (Å²) in [7, 11) is -1.80.